The Labute approximate surface area is 150 Å². The Bertz CT molecular complexity index is 757. The van der Waals surface area contributed by atoms with Gasteiger partial charge in [-0.3, -0.25) is 9.59 Å². The maximum absolute atomic E-state index is 12.6. The second-order valence-corrected chi connectivity index (χ2v) is 6.71. The van der Waals surface area contributed by atoms with Crippen LogP contribution in [-0.2, 0) is 4.79 Å². The highest BCUT2D eigenvalue weighted by Crippen LogP contribution is 2.25. The number of carboxylic acid groups (broad SMARTS) is 1. The van der Waals surface area contributed by atoms with Crippen molar-refractivity contribution < 1.29 is 19.2 Å². The minimum atomic E-state index is -0.799. The first-order valence-electron chi connectivity index (χ1n) is 8.26. The van der Waals surface area contributed by atoms with E-state index in [0.29, 0.717) is 30.3 Å². The van der Waals surface area contributed by atoms with Gasteiger partial charge in [0, 0.05) is 36.2 Å². The molecule has 1 aliphatic rings. The van der Waals surface area contributed by atoms with Gasteiger partial charge in [-0.1, -0.05) is 16.8 Å². The smallest absolute Gasteiger partial charge is 0.303 e. The highest BCUT2D eigenvalue weighted by atomic mass is 35.5. The van der Waals surface area contributed by atoms with E-state index >= 15 is 0 Å². The van der Waals surface area contributed by atoms with Crippen LogP contribution in [-0.4, -0.2) is 40.1 Å². The molecule has 3 rings (SSSR count). The predicted molar refractivity (Wildman–Crippen MR) is 92.4 cm³/mol. The number of likely N-dealkylation sites (tertiary alicyclic amines) is 1. The van der Waals surface area contributed by atoms with Gasteiger partial charge in [-0.05, 0) is 49.4 Å². The SMILES string of the molecule is O=C(O)CCC1CCCN(C(=O)c2cc(-c3ccc(Cl)cc3)on2)C1. The average Bonchev–Trinajstić information content (AvgIpc) is 3.10. The first kappa shape index (κ1) is 17.5. The topological polar surface area (TPSA) is 83.6 Å². The number of carbonyl (C=O) groups is 2. The Morgan fingerprint density at radius 3 is 2.80 bits per heavy atom. The summed E-state index contributed by atoms with van der Waals surface area (Å²) in [5.74, 6) is -0.243. The lowest BCUT2D eigenvalue weighted by Crippen LogP contribution is -2.40. The van der Waals surface area contributed by atoms with E-state index in [1.807, 2.05) is 0 Å². The lowest BCUT2D eigenvalue weighted by molar-refractivity contribution is -0.137. The van der Waals surface area contributed by atoms with Gasteiger partial charge in [-0.25, -0.2) is 0 Å². The minimum absolute atomic E-state index is 0.136. The zero-order chi connectivity index (χ0) is 17.8. The van der Waals surface area contributed by atoms with Crippen LogP contribution in [0, 0.1) is 5.92 Å². The first-order chi connectivity index (χ1) is 12.0. The molecular formula is C18H19ClN2O4. The minimum Gasteiger partial charge on any atom is -0.481 e. The van der Waals surface area contributed by atoms with Crippen molar-refractivity contribution in [2.24, 2.45) is 5.92 Å². The van der Waals surface area contributed by atoms with Crippen molar-refractivity contribution in [2.45, 2.75) is 25.7 Å². The summed E-state index contributed by atoms with van der Waals surface area (Å²) in [6.07, 6.45) is 2.55. The number of aromatic nitrogens is 1. The van der Waals surface area contributed by atoms with Crippen molar-refractivity contribution in [3.8, 4) is 11.3 Å². The van der Waals surface area contributed by atoms with Crippen LogP contribution in [0.3, 0.4) is 0 Å². The number of hydrogen-bond donors (Lipinski definition) is 1. The molecule has 1 amide bonds. The van der Waals surface area contributed by atoms with Crippen LogP contribution in [0.2, 0.25) is 5.02 Å². The van der Waals surface area contributed by atoms with E-state index in [9.17, 15) is 9.59 Å². The van der Waals surface area contributed by atoms with Crippen LogP contribution >= 0.6 is 11.6 Å². The predicted octanol–water partition coefficient (Wildman–Crippen LogP) is 3.71. The molecule has 1 aromatic heterocycles. The third-order valence-corrected chi connectivity index (χ3v) is 4.68. The number of carbonyl (C=O) groups excluding carboxylic acids is 1. The maximum Gasteiger partial charge on any atom is 0.303 e. The molecule has 1 atom stereocenters. The van der Waals surface area contributed by atoms with Gasteiger partial charge in [0.1, 0.15) is 0 Å². The second-order valence-electron chi connectivity index (χ2n) is 6.28. The van der Waals surface area contributed by atoms with Crippen molar-refractivity contribution in [2.75, 3.05) is 13.1 Å². The van der Waals surface area contributed by atoms with E-state index in [0.717, 1.165) is 18.4 Å². The van der Waals surface area contributed by atoms with Crippen molar-refractivity contribution >= 4 is 23.5 Å². The first-order valence-corrected chi connectivity index (χ1v) is 8.64. The zero-order valence-electron chi connectivity index (χ0n) is 13.7. The molecule has 7 heteroatoms. The molecule has 0 aliphatic carbocycles. The number of rotatable bonds is 5. The molecule has 1 fully saturated rings. The number of benzene rings is 1. The molecule has 0 spiro atoms. The number of piperidine rings is 1. The van der Waals surface area contributed by atoms with Crippen LogP contribution in [0.15, 0.2) is 34.9 Å². The number of halogens is 1. The highest BCUT2D eigenvalue weighted by molar-refractivity contribution is 6.30. The number of hydrogen-bond acceptors (Lipinski definition) is 4. The van der Waals surface area contributed by atoms with E-state index in [1.165, 1.54) is 0 Å². The number of nitrogens with zero attached hydrogens (tertiary/aromatic N) is 2. The monoisotopic (exact) mass is 362 g/mol. The van der Waals surface area contributed by atoms with Gasteiger partial charge in [-0.15, -0.1) is 0 Å². The Morgan fingerprint density at radius 2 is 2.08 bits per heavy atom. The quantitative estimate of drug-likeness (QED) is 0.876. The van der Waals surface area contributed by atoms with Gasteiger partial charge >= 0.3 is 5.97 Å². The maximum atomic E-state index is 12.6. The lowest BCUT2D eigenvalue weighted by atomic mass is 9.93. The van der Waals surface area contributed by atoms with Gasteiger partial charge in [0.15, 0.2) is 11.5 Å². The zero-order valence-corrected chi connectivity index (χ0v) is 14.4. The lowest BCUT2D eigenvalue weighted by Gasteiger charge is -2.32. The van der Waals surface area contributed by atoms with Crippen LogP contribution in [0.1, 0.15) is 36.2 Å². The Hall–Kier alpha value is -2.34. The summed E-state index contributed by atoms with van der Waals surface area (Å²) in [5, 5.41) is 13.3. The van der Waals surface area contributed by atoms with Gasteiger partial charge in [0.25, 0.3) is 5.91 Å². The van der Waals surface area contributed by atoms with E-state index in [1.54, 1.807) is 35.2 Å². The summed E-state index contributed by atoms with van der Waals surface area (Å²) in [5.41, 5.74) is 1.07. The molecule has 132 valence electrons. The van der Waals surface area contributed by atoms with Crippen molar-refractivity contribution in [1.29, 1.82) is 0 Å². The van der Waals surface area contributed by atoms with Gasteiger partial charge in [0.2, 0.25) is 0 Å². The molecule has 1 aromatic carbocycles. The van der Waals surface area contributed by atoms with E-state index < -0.39 is 5.97 Å². The molecule has 0 saturated carbocycles. The fourth-order valence-electron chi connectivity index (χ4n) is 3.10. The Kier molecular flexibility index (Phi) is 5.38. The standard InChI is InChI=1S/C18H19ClN2O4/c19-14-6-4-13(5-7-14)16-10-15(20-25-16)18(24)21-9-1-2-12(11-21)3-8-17(22)23/h4-7,10,12H,1-3,8-9,11H2,(H,22,23). The summed E-state index contributed by atoms with van der Waals surface area (Å²) in [6, 6.07) is 8.74. The molecule has 0 radical (unpaired) electrons. The average molecular weight is 363 g/mol. The van der Waals surface area contributed by atoms with Gasteiger partial charge < -0.3 is 14.5 Å². The molecule has 0 bridgehead atoms. The summed E-state index contributed by atoms with van der Waals surface area (Å²) in [4.78, 5) is 25.1. The highest BCUT2D eigenvalue weighted by Gasteiger charge is 2.26. The van der Waals surface area contributed by atoms with E-state index in [-0.39, 0.29) is 23.9 Å². The van der Waals surface area contributed by atoms with Gasteiger partial charge in [-0.2, -0.15) is 0 Å². The molecule has 1 unspecified atom stereocenters. The van der Waals surface area contributed by atoms with Gasteiger partial charge in [0.05, 0.1) is 0 Å². The molecular weight excluding hydrogens is 344 g/mol. The second kappa shape index (κ2) is 7.70. The molecule has 1 aliphatic heterocycles. The van der Waals surface area contributed by atoms with Crippen molar-refractivity contribution in [1.82, 2.24) is 10.1 Å². The molecule has 2 heterocycles. The number of amides is 1. The normalized spacial score (nSPS) is 17.5. The fraction of sp³-hybridized carbons (Fsp3) is 0.389. The fourth-order valence-corrected chi connectivity index (χ4v) is 3.23. The molecule has 6 nitrogen and oxygen atoms in total. The molecule has 1 saturated heterocycles. The third kappa shape index (κ3) is 4.39. The summed E-state index contributed by atoms with van der Waals surface area (Å²) in [6.45, 7) is 1.22. The summed E-state index contributed by atoms with van der Waals surface area (Å²) in [7, 11) is 0. The summed E-state index contributed by atoms with van der Waals surface area (Å²) < 4.78 is 5.29. The molecule has 1 N–H and O–H groups in total. The van der Waals surface area contributed by atoms with E-state index in [4.69, 9.17) is 21.2 Å². The third-order valence-electron chi connectivity index (χ3n) is 4.43. The van der Waals surface area contributed by atoms with Crippen LogP contribution in [0.25, 0.3) is 11.3 Å². The molecule has 25 heavy (non-hydrogen) atoms. The van der Waals surface area contributed by atoms with Crippen LogP contribution < -0.4 is 0 Å². The van der Waals surface area contributed by atoms with Crippen LogP contribution in [0.5, 0.6) is 0 Å². The van der Waals surface area contributed by atoms with Crippen LogP contribution in [0.4, 0.5) is 0 Å². The largest absolute Gasteiger partial charge is 0.481 e. The molecule has 2 aromatic rings. The Morgan fingerprint density at radius 1 is 1.32 bits per heavy atom. The summed E-state index contributed by atoms with van der Waals surface area (Å²) >= 11 is 5.87. The number of aliphatic carboxylic acids is 1. The van der Waals surface area contributed by atoms with E-state index in [2.05, 4.69) is 5.16 Å². The number of carboxylic acids is 1. The van der Waals surface area contributed by atoms with Crippen molar-refractivity contribution in [3.63, 3.8) is 0 Å². The van der Waals surface area contributed by atoms with Crippen molar-refractivity contribution in [3.05, 3.63) is 41.0 Å². The Balaban J connectivity index is 1.66.